The van der Waals surface area contributed by atoms with E-state index in [1.54, 1.807) is 36.4 Å². The Morgan fingerprint density at radius 3 is 1.73 bits per heavy atom. The molecule has 9 nitrogen and oxygen atoms in total. The van der Waals surface area contributed by atoms with E-state index in [4.69, 9.17) is 4.74 Å². The third-order valence-corrected chi connectivity index (χ3v) is 8.77. The number of amides is 2. The van der Waals surface area contributed by atoms with Crippen molar-refractivity contribution in [3.63, 3.8) is 0 Å². The smallest absolute Gasteiger partial charge is 0.307 e. The summed E-state index contributed by atoms with van der Waals surface area (Å²) < 4.78 is 6.13. The van der Waals surface area contributed by atoms with E-state index in [1.807, 2.05) is 36.4 Å². The van der Waals surface area contributed by atoms with Crippen LogP contribution in [-0.4, -0.2) is 34.0 Å². The molecule has 2 aliphatic rings. The highest BCUT2D eigenvalue weighted by molar-refractivity contribution is 5.96. The highest BCUT2D eigenvalue weighted by Crippen LogP contribution is 2.34. The van der Waals surface area contributed by atoms with E-state index in [0.717, 1.165) is 36.8 Å². The molecule has 44 heavy (non-hydrogen) atoms. The molecule has 4 atom stereocenters. The van der Waals surface area contributed by atoms with Crippen molar-refractivity contribution in [2.24, 2.45) is 23.7 Å². The molecule has 0 spiro atoms. The van der Waals surface area contributed by atoms with E-state index in [0.29, 0.717) is 55.0 Å². The molecule has 2 aliphatic carbocycles. The number of carboxylic acids is 2. The number of benzene rings is 3. The van der Waals surface area contributed by atoms with Gasteiger partial charge in [-0.2, -0.15) is 0 Å². The van der Waals surface area contributed by atoms with Gasteiger partial charge in [-0.15, -0.1) is 0 Å². The van der Waals surface area contributed by atoms with Crippen molar-refractivity contribution in [1.82, 2.24) is 0 Å². The number of carbonyl (C=O) groups excluding carboxylic acids is 2. The predicted molar refractivity (Wildman–Crippen MR) is 166 cm³/mol. The van der Waals surface area contributed by atoms with Crippen molar-refractivity contribution < 1.29 is 34.1 Å². The van der Waals surface area contributed by atoms with E-state index in [1.165, 1.54) is 0 Å². The Morgan fingerprint density at radius 2 is 1.16 bits per heavy atom. The summed E-state index contributed by atoms with van der Waals surface area (Å²) in [5.41, 5.74) is 3.04. The predicted octanol–water partition coefficient (Wildman–Crippen LogP) is 6.73. The molecule has 230 valence electrons. The summed E-state index contributed by atoms with van der Waals surface area (Å²) in [7, 11) is 0. The second-order valence-corrected chi connectivity index (χ2v) is 11.8. The summed E-state index contributed by atoms with van der Waals surface area (Å²) in [6.07, 6.45) is 5.96. The second-order valence-electron chi connectivity index (χ2n) is 11.8. The van der Waals surface area contributed by atoms with Crippen molar-refractivity contribution in [2.75, 3.05) is 10.6 Å². The summed E-state index contributed by atoms with van der Waals surface area (Å²) in [5, 5.41) is 25.0. The van der Waals surface area contributed by atoms with Gasteiger partial charge in [0.15, 0.2) is 0 Å². The van der Waals surface area contributed by atoms with Crippen LogP contribution in [-0.2, 0) is 25.6 Å². The topological polar surface area (TPSA) is 142 Å². The maximum absolute atomic E-state index is 13.3. The molecule has 0 aliphatic heterocycles. The molecule has 2 saturated carbocycles. The SMILES string of the molecule is O=C(O)C1CCCCC1C(=O)Nc1ccc(Oc2ccc(NC(=O)C3CCCCC3C(=O)O)c(Cc3ccccc3)c2)cc1. The minimum absolute atomic E-state index is 0.277. The average Bonchev–Trinajstić information content (AvgIpc) is 3.03. The number of nitrogens with one attached hydrogen (secondary N) is 2. The van der Waals surface area contributed by atoms with Gasteiger partial charge in [-0.3, -0.25) is 19.2 Å². The van der Waals surface area contributed by atoms with Crippen LogP contribution >= 0.6 is 0 Å². The minimum Gasteiger partial charge on any atom is -0.481 e. The fraction of sp³-hybridized carbons (Fsp3) is 0.371. The highest BCUT2D eigenvalue weighted by atomic mass is 16.5. The second kappa shape index (κ2) is 14.2. The molecular formula is C35H38N2O7. The lowest BCUT2D eigenvalue weighted by atomic mass is 9.78. The molecule has 9 heteroatoms. The van der Waals surface area contributed by atoms with E-state index >= 15 is 0 Å². The van der Waals surface area contributed by atoms with Crippen LogP contribution in [0.15, 0.2) is 72.8 Å². The maximum Gasteiger partial charge on any atom is 0.307 e. The van der Waals surface area contributed by atoms with Crippen molar-refractivity contribution >= 4 is 35.1 Å². The summed E-state index contributed by atoms with van der Waals surface area (Å²) in [5.74, 6) is -3.79. The standard InChI is InChI=1S/C35H38N2O7/c38-32(27-10-4-6-12-29(27)34(40)41)36-24-14-16-25(17-15-24)44-26-18-19-31(23(21-26)20-22-8-2-1-3-9-22)37-33(39)28-11-5-7-13-30(28)35(42)43/h1-3,8-9,14-19,21,27-30H,4-7,10-13,20H2,(H,36,38)(H,37,39)(H,40,41)(H,42,43). The van der Waals surface area contributed by atoms with Crippen LogP contribution in [0.2, 0.25) is 0 Å². The van der Waals surface area contributed by atoms with Crippen LogP contribution < -0.4 is 15.4 Å². The third kappa shape index (κ3) is 7.64. The molecule has 5 rings (SSSR count). The first-order chi connectivity index (χ1) is 21.3. The number of rotatable bonds is 10. The van der Waals surface area contributed by atoms with Gasteiger partial charge in [-0.25, -0.2) is 0 Å². The van der Waals surface area contributed by atoms with E-state index in [-0.39, 0.29) is 11.8 Å². The molecule has 0 radical (unpaired) electrons. The van der Waals surface area contributed by atoms with Crippen LogP contribution in [0.3, 0.4) is 0 Å². The van der Waals surface area contributed by atoms with Crippen LogP contribution in [0.5, 0.6) is 11.5 Å². The molecule has 3 aromatic rings. The summed E-state index contributed by atoms with van der Waals surface area (Å²) >= 11 is 0. The molecular weight excluding hydrogens is 560 g/mol. The molecule has 2 amide bonds. The van der Waals surface area contributed by atoms with Gasteiger partial charge in [0.1, 0.15) is 11.5 Å². The molecule has 2 fully saturated rings. The van der Waals surface area contributed by atoms with Crippen molar-refractivity contribution in [3.05, 3.63) is 83.9 Å². The Bertz CT molecular complexity index is 1490. The van der Waals surface area contributed by atoms with Gasteiger partial charge in [0.2, 0.25) is 11.8 Å². The Balaban J connectivity index is 1.29. The Labute approximate surface area is 256 Å². The van der Waals surface area contributed by atoms with Crippen LogP contribution in [0.4, 0.5) is 11.4 Å². The van der Waals surface area contributed by atoms with Crippen molar-refractivity contribution in [2.45, 2.75) is 57.8 Å². The lowest BCUT2D eigenvalue weighted by molar-refractivity contribution is -0.148. The zero-order valence-corrected chi connectivity index (χ0v) is 24.5. The molecule has 0 saturated heterocycles. The molecule has 0 heterocycles. The first-order valence-electron chi connectivity index (χ1n) is 15.3. The maximum atomic E-state index is 13.3. The van der Waals surface area contributed by atoms with Gasteiger partial charge in [0, 0.05) is 11.4 Å². The summed E-state index contributed by atoms with van der Waals surface area (Å²) in [4.78, 5) is 49.5. The zero-order chi connectivity index (χ0) is 31.1. The summed E-state index contributed by atoms with van der Waals surface area (Å²) in [6, 6.07) is 22.1. The number of anilines is 2. The van der Waals surface area contributed by atoms with E-state index < -0.39 is 35.6 Å². The van der Waals surface area contributed by atoms with Crippen LogP contribution in [0, 0.1) is 23.7 Å². The van der Waals surface area contributed by atoms with Crippen molar-refractivity contribution in [3.8, 4) is 11.5 Å². The lowest BCUT2D eigenvalue weighted by Gasteiger charge is -2.28. The van der Waals surface area contributed by atoms with Gasteiger partial charge in [-0.05, 0) is 85.7 Å². The molecule has 0 bridgehead atoms. The normalized spacial score (nSPS) is 21.5. The fourth-order valence-corrected chi connectivity index (χ4v) is 6.40. The number of hydrogen-bond acceptors (Lipinski definition) is 5. The van der Waals surface area contributed by atoms with Gasteiger partial charge >= 0.3 is 11.9 Å². The van der Waals surface area contributed by atoms with Gasteiger partial charge in [-0.1, -0.05) is 56.0 Å². The highest BCUT2D eigenvalue weighted by Gasteiger charge is 2.37. The Hall–Kier alpha value is -4.66. The Morgan fingerprint density at radius 1 is 0.636 bits per heavy atom. The molecule has 4 unspecified atom stereocenters. The van der Waals surface area contributed by atoms with Crippen LogP contribution in [0.25, 0.3) is 0 Å². The lowest BCUT2D eigenvalue weighted by Crippen LogP contribution is -2.36. The van der Waals surface area contributed by atoms with Gasteiger partial charge < -0.3 is 25.6 Å². The number of carboxylic acid groups (broad SMARTS) is 2. The van der Waals surface area contributed by atoms with E-state index in [9.17, 15) is 29.4 Å². The monoisotopic (exact) mass is 598 g/mol. The van der Waals surface area contributed by atoms with Crippen molar-refractivity contribution in [1.29, 1.82) is 0 Å². The Kier molecular flexibility index (Phi) is 9.94. The first kappa shape index (κ1) is 30.8. The number of hydrogen-bond donors (Lipinski definition) is 4. The van der Waals surface area contributed by atoms with E-state index in [2.05, 4.69) is 10.6 Å². The third-order valence-electron chi connectivity index (χ3n) is 8.77. The number of aliphatic carboxylic acids is 2. The zero-order valence-electron chi connectivity index (χ0n) is 24.5. The van der Waals surface area contributed by atoms with Crippen LogP contribution in [0.1, 0.15) is 62.5 Å². The average molecular weight is 599 g/mol. The number of ether oxygens (including phenoxy) is 1. The largest absolute Gasteiger partial charge is 0.481 e. The molecule has 4 N–H and O–H groups in total. The number of carbonyl (C=O) groups is 4. The summed E-state index contributed by atoms with van der Waals surface area (Å²) in [6.45, 7) is 0. The molecule has 3 aromatic carbocycles. The first-order valence-corrected chi connectivity index (χ1v) is 15.3. The van der Waals surface area contributed by atoms with Gasteiger partial charge in [0.05, 0.1) is 23.7 Å². The fourth-order valence-electron chi connectivity index (χ4n) is 6.40. The quantitative estimate of drug-likeness (QED) is 0.203. The van der Waals surface area contributed by atoms with Gasteiger partial charge in [0.25, 0.3) is 0 Å². The minimum atomic E-state index is -0.929. The molecule has 0 aromatic heterocycles.